The number of hydrogen-bond acceptors (Lipinski definition) is 9. The van der Waals surface area contributed by atoms with Crippen LogP contribution in [-0.2, 0) is 20.7 Å². The molecule has 5 heterocycles. The van der Waals surface area contributed by atoms with E-state index < -0.39 is 41.2 Å². The monoisotopic (exact) mass is 500 g/mol. The van der Waals surface area contributed by atoms with Gasteiger partial charge in [-0.3, -0.25) is 20.2 Å². The number of nitrogens with zero attached hydrogens (tertiary/aromatic N) is 4. The summed E-state index contributed by atoms with van der Waals surface area (Å²) in [5.74, 6) is -2.22. The number of anilines is 1. The topological polar surface area (TPSA) is 140 Å². The lowest BCUT2D eigenvalue weighted by Crippen LogP contribution is -2.75. The average molecular weight is 501 g/mol. The number of carbonyl (C=O) groups excluding carboxylic acids is 3. The van der Waals surface area contributed by atoms with Gasteiger partial charge in [0.25, 0.3) is 0 Å². The summed E-state index contributed by atoms with van der Waals surface area (Å²) in [6.07, 6.45) is 1.69. The van der Waals surface area contributed by atoms with E-state index in [4.69, 9.17) is 20.9 Å². The van der Waals surface area contributed by atoms with Crippen LogP contribution in [0.5, 0.6) is 0 Å². The smallest absolute Gasteiger partial charge is 0.328 e. The van der Waals surface area contributed by atoms with Crippen molar-refractivity contribution in [1.29, 1.82) is 0 Å². The van der Waals surface area contributed by atoms with Crippen LogP contribution in [0.15, 0.2) is 23.0 Å². The average Bonchev–Trinajstić information content (AvgIpc) is 3.21. The minimum atomic E-state index is -1.73. The third-order valence-corrected chi connectivity index (χ3v) is 7.12. The van der Waals surface area contributed by atoms with Crippen molar-refractivity contribution in [3.8, 4) is 11.4 Å². The molecule has 0 aliphatic carbocycles. The maximum atomic E-state index is 16.1. The first-order chi connectivity index (χ1) is 16.7. The number of imide groups is 2. The molecular formula is C22H18ClFN6O5. The fourth-order valence-corrected chi connectivity index (χ4v) is 5.79. The number of aromatic nitrogens is 3. The van der Waals surface area contributed by atoms with Crippen molar-refractivity contribution in [2.45, 2.75) is 38.5 Å². The summed E-state index contributed by atoms with van der Waals surface area (Å²) >= 11 is 6.18. The molecule has 3 aliphatic rings. The molecule has 4 amide bonds. The molecule has 0 radical (unpaired) electrons. The van der Waals surface area contributed by atoms with Gasteiger partial charge in [-0.15, -0.1) is 0 Å². The molecule has 3 atom stereocenters. The second-order valence-electron chi connectivity index (χ2n) is 8.94. The number of nitrogens with one attached hydrogen (secondary N) is 2. The minimum absolute atomic E-state index is 0.0535. The third-order valence-electron chi connectivity index (χ3n) is 6.84. The lowest BCUT2D eigenvalue weighted by Gasteiger charge is -2.55. The Morgan fingerprint density at radius 1 is 1.14 bits per heavy atom. The van der Waals surface area contributed by atoms with E-state index in [1.165, 1.54) is 12.4 Å². The van der Waals surface area contributed by atoms with Crippen LogP contribution in [0.1, 0.15) is 19.4 Å². The van der Waals surface area contributed by atoms with Gasteiger partial charge in [-0.1, -0.05) is 16.8 Å². The lowest BCUT2D eigenvalue weighted by atomic mass is 9.66. The summed E-state index contributed by atoms with van der Waals surface area (Å²) in [6.45, 7) is 3.74. The van der Waals surface area contributed by atoms with Crippen LogP contribution in [0.2, 0.25) is 5.15 Å². The van der Waals surface area contributed by atoms with Gasteiger partial charge >= 0.3 is 6.03 Å². The summed E-state index contributed by atoms with van der Waals surface area (Å²) in [5.41, 5.74) is -0.912. The van der Waals surface area contributed by atoms with Gasteiger partial charge in [-0.05, 0) is 25.5 Å². The molecule has 180 valence electrons. The third kappa shape index (κ3) is 2.93. The molecule has 2 saturated heterocycles. The summed E-state index contributed by atoms with van der Waals surface area (Å²) < 4.78 is 27.4. The number of morpholine rings is 1. The van der Waals surface area contributed by atoms with Crippen molar-refractivity contribution in [2.24, 2.45) is 5.41 Å². The Balaban J connectivity index is 1.61. The van der Waals surface area contributed by atoms with Crippen LogP contribution in [-0.4, -0.2) is 57.8 Å². The Morgan fingerprint density at radius 3 is 2.57 bits per heavy atom. The van der Waals surface area contributed by atoms with E-state index >= 15 is 4.39 Å². The van der Waals surface area contributed by atoms with Gasteiger partial charge in [0.2, 0.25) is 17.4 Å². The van der Waals surface area contributed by atoms with E-state index in [0.717, 1.165) is 0 Å². The van der Waals surface area contributed by atoms with Crippen LogP contribution in [0, 0.1) is 11.2 Å². The number of halogens is 2. The zero-order valence-electron chi connectivity index (χ0n) is 18.5. The molecule has 3 aliphatic heterocycles. The number of ether oxygens (including phenoxy) is 1. The number of fused-ring (bicyclic) bond motifs is 5. The molecule has 11 nitrogen and oxygen atoms in total. The van der Waals surface area contributed by atoms with Crippen molar-refractivity contribution < 1.29 is 28.0 Å². The van der Waals surface area contributed by atoms with Gasteiger partial charge in [0.1, 0.15) is 11.4 Å². The number of hydrogen-bond donors (Lipinski definition) is 2. The second-order valence-corrected chi connectivity index (χ2v) is 9.29. The van der Waals surface area contributed by atoms with E-state index in [-0.39, 0.29) is 52.3 Å². The zero-order valence-corrected chi connectivity index (χ0v) is 19.2. The lowest BCUT2D eigenvalue weighted by molar-refractivity contribution is -0.153. The molecule has 2 aromatic heterocycles. The van der Waals surface area contributed by atoms with Gasteiger partial charge in [-0.25, -0.2) is 19.2 Å². The molecule has 0 saturated carbocycles. The van der Waals surface area contributed by atoms with Gasteiger partial charge in [0, 0.05) is 25.4 Å². The number of urea groups is 1. The highest BCUT2D eigenvalue weighted by Gasteiger charge is 2.63. The summed E-state index contributed by atoms with van der Waals surface area (Å²) in [6, 6.07) is -0.159. The molecule has 3 aromatic rings. The zero-order chi connectivity index (χ0) is 24.6. The Bertz CT molecular complexity index is 1420. The molecule has 1 aromatic carbocycles. The fraction of sp³-hybridized carbons (Fsp3) is 0.364. The van der Waals surface area contributed by atoms with Crippen molar-refractivity contribution in [1.82, 2.24) is 25.8 Å². The molecule has 6 rings (SSSR count). The van der Waals surface area contributed by atoms with Crippen molar-refractivity contribution in [2.75, 3.05) is 11.4 Å². The Labute approximate surface area is 201 Å². The van der Waals surface area contributed by atoms with Crippen LogP contribution in [0.4, 0.5) is 14.9 Å². The normalized spacial score (nSPS) is 25.3. The van der Waals surface area contributed by atoms with Gasteiger partial charge in [-0.2, -0.15) is 0 Å². The summed E-state index contributed by atoms with van der Waals surface area (Å²) in [7, 11) is 0. The first kappa shape index (κ1) is 21.9. The predicted octanol–water partition coefficient (Wildman–Crippen LogP) is 1.97. The first-order valence-corrected chi connectivity index (χ1v) is 11.3. The molecule has 35 heavy (non-hydrogen) atoms. The van der Waals surface area contributed by atoms with Gasteiger partial charge < -0.3 is 14.2 Å². The highest BCUT2D eigenvalue weighted by Crippen LogP contribution is 2.49. The number of rotatable bonds is 1. The predicted molar refractivity (Wildman–Crippen MR) is 119 cm³/mol. The Kier molecular flexibility index (Phi) is 4.64. The van der Waals surface area contributed by atoms with Crippen LogP contribution >= 0.6 is 11.6 Å². The Hall–Kier alpha value is -3.64. The standard InChI is InChI=1S/C22H18ClFN6O5/c1-8-7-30-15-10(6-22(17(30)9(2)34-8)19(31)27-21(33)28-20(22)32)5-11-13(29-35-16(11)12(15)24)14-18(23)26-4-3-25-14/h3-5,8-9,17H,6-7H2,1-2H3,(H2,27,28,31,32,33). The maximum Gasteiger partial charge on any atom is 0.328 e. The maximum absolute atomic E-state index is 16.1. The molecule has 2 fully saturated rings. The van der Waals surface area contributed by atoms with Gasteiger partial charge in [0.15, 0.2) is 16.4 Å². The highest BCUT2D eigenvalue weighted by atomic mass is 35.5. The van der Waals surface area contributed by atoms with Crippen LogP contribution < -0.4 is 15.5 Å². The summed E-state index contributed by atoms with van der Waals surface area (Å²) in [4.78, 5) is 48.3. The Morgan fingerprint density at radius 2 is 1.86 bits per heavy atom. The second kappa shape index (κ2) is 7.43. The van der Waals surface area contributed by atoms with E-state index in [2.05, 4.69) is 25.8 Å². The number of carbonyl (C=O) groups is 3. The van der Waals surface area contributed by atoms with Crippen LogP contribution in [0.3, 0.4) is 0 Å². The fourth-order valence-electron chi connectivity index (χ4n) is 5.60. The number of benzene rings is 1. The van der Waals surface area contributed by atoms with Crippen LogP contribution in [0.25, 0.3) is 22.4 Å². The molecule has 1 spiro atoms. The van der Waals surface area contributed by atoms with E-state index in [0.29, 0.717) is 5.56 Å². The summed E-state index contributed by atoms with van der Waals surface area (Å²) in [5, 5.41) is 8.71. The van der Waals surface area contributed by atoms with Crippen molar-refractivity contribution in [3.63, 3.8) is 0 Å². The number of amides is 4. The largest absolute Gasteiger partial charge is 0.372 e. The molecular weight excluding hydrogens is 483 g/mol. The van der Waals surface area contributed by atoms with Crippen molar-refractivity contribution in [3.05, 3.63) is 35.0 Å². The number of barbiturate groups is 1. The highest BCUT2D eigenvalue weighted by molar-refractivity contribution is 6.32. The molecule has 2 N–H and O–H groups in total. The minimum Gasteiger partial charge on any atom is -0.372 e. The van der Waals surface area contributed by atoms with E-state index in [1.54, 1.807) is 17.9 Å². The van der Waals surface area contributed by atoms with E-state index in [9.17, 15) is 14.4 Å². The van der Waals surface area contributed by atoms with Gasteiger partial charge in [0.05, 0.1) is 29.3 Å². The molecule has 0 bridgehead atoms. The quantitative estimate of drug-likeness (QED) is 0.480. The first-order valence-electron chi connectivity index (χ1n) is 10.9. The van der Waals surface area contributed by atoms with Crippen molar-refractivity contribution >= 4 is 46.1 Å². The molecule has 3 unspecified atom stereocenters. The van der Waals surface area contributed by atoms with E-state index in [1.807, 2.05) is 6.92 Å². The SMILES string of the molecule is CC1CN2c3c(cc4c(-c5nccnc5Cl)noc4c3F)CC3(C(=O)NC(=O)NC3=O)C2C(C)O1. The molecule has 13 heteroatoms.